The number of halogens is 1. The Labute approximate surface area is 103 Å². The molecular formula is C14H22FNO. The zero-order valence-electron chi connectivity index (χ0n) is 10.8. The summed E-state index contributed by atoms with van der Waals surface area (Å²) in [6.07, 6.45) is 0.909. The Bertz CT molecular complexity index is 350. The van der Waals surface area contributed by atoms with Gasteiger partial charge in [-0.05, 0) is 31.0 Å². The van der Waals surface area contributed by atoms with E-state index >= 15 is 0 Å². The lowest BCUT2D eigenvalue weighted by Crippen LogP contribution is -2.35. The Morgan fingerprint density at radius 3 is 2.71 bits per heavy atom. The van der Waals surface area contributed by atoms with Crippen LogP contribution in [0.3, 0.4) is 0 Å². The highest BCUT2D eigenvalue weighted by atomic mass is 19.1. The SMILES string of the molecule is CCC(C)(CO)CN[C@@H](C)c1cccc(F)c1. The smallest absolute Gasteiger partial charge is 0.123 e. The summed E-state index contributed by atoms with van der Waals surface area (Å²) in [5, 5.41) is 12.7. The quantitative estimate of drug-likeness (QED) is 0.800. The Kier molecular flexibility index (Phi) is 5.09. The van der Waals surface area contributed by atoms with Crippen molar-refractivity contribution in [1.29, 1.82) is 0 Å². The standard InChI is InChI=1S/C14H22FNO/c1-4-14(3,10-17)9-16-11(2)12-6-5-7-13(15)8-12/h5-8,11,16-17H,4,9-10H2,1-3H3/t11-,14?/m0/s1. The molecule has 0 aliphatic rings. The van der Waals surface area contributed by atoms with Crippen molar-refractivity contribution < 1.29 is 9.50 Å². The second-order valence-corrected chi connectivity index (χ2v) is 4.98. The van der Waals surface area contributed by atoms with Gasteiger partial charge in [0, 0.05) is 24.6 Å². The summed E-state index contributed by atoms with van der Waals surface area (Å²) >= 11 is 0. The molecule has 0 bridgehead atoms. The summed E-state index contributed by atoms with van der Waals surface area (Å²) < 4.78 is 13.1. The number of aliphatic hydroxyl groups excluding tert-OH is 1. The molecule has 0 radical (unpaired) electrons. The van der Waals surface area contributed by atoms with Crippen molar-refractivity contribution in [3.05, 3.63) is 35.6 Å². The average Bonchev–Trinajstić information content (AvgIpc) is 2.35. The van der Waals surface area contributed by atoms with Crippen molar-refractivity contribution in [2.45, 2.75) is 33.2 Å². The third-order valence-electron chi connectivity index (χ3n) is 3.42. The molecule has 2 N–H and O–H groups in total. The van der Waals surface area contributed by atoms with Gasteiger partial charge in [-0.2, -0.15) is 0 Å². The molecule has 2 nitrogen and oxygen atoms in total. The van der Waals surface area contributed by atoms with E-state index < -0.39 is 0 Å². The van der Waals surface area contributed by atoms with Gasteiger partial charge in [-0.25, -0.2) is 4.39 Å². The molecule has 0 saturated carbocycles. The van der Waals surface area contributed by atoms with Gasteiger partial charge in [0.2, 0.25) is 0 Å². The van der Waals surface area contributed by atoms with Gasteiger partial charge in [-0.15, -0.1) is 0 Å². The van der Waals surface area contributed by atoms with Crippen LogP contribution in [0.5, 0.6) is 0 Å². The topological polar surface area (TPSA) is 32.3 Å². The molecule has 0 saturated heterocycles. The lowest BCUT2D eigenvalue weighted by molar-refractivity contribution is 0.132. The summed E-state index contributed by atoms with van der Waals surface area (Å²) in [5.41, 5.74) is 0.822. The van der Waals surface area contributed by atoms with E-state index in [4.69, 9.17) is 0 Å². The Morgan fingerprint density at radius 2 is 2.18 bits per heavy atom. The Morgan fingerprint density at radius 1 is 1.47 bits per heavy atom. The number of aliphatic hydroxyl groups is 1. The maximum absolute atomic E-state index is 13.1. The predicted molar refractivity (Wildman–Crippen MR) is 68.3 cm³/mol. The molecule has 1 aromatic rings. The first kappa shape index (κ1) is 14.1. The van der Waals surface area contributed by atoms with E-state index in [1.54, 1.807) is 12.1 Å². The van der Waals surface area contributed by atoms with Crippen molar-refractivity contribution in [2.75, 3.05) is 13.2 Å². The molecule has 1 aromatic carbocycles. The number of hydrogen-bond acceptors (Lipinski definition) is 2. The number of benzene rings is 1. The number of rotatable bonds is 6. The minimum Gasteiger partial charge on any atom is -0.396 e. The molecule has 3 heteroatoms. The van der Waals surface area contributed by atoms with Crippen molar-refractivity contribution in [1.82, 2.24) is 5.32 Å². The van der Waals surface area contributed by atoms with Gasteiger partial charge >= 0.3 is 0 Å². The van der Waals surface area contributed by atoms with Crippen LogP contribution in [0.1, 0.15) is 38.8 Å². The van der Waals surface area contributed by atoms with Crippen LogP contribution in [0.25, 0.3) is 0 Å². The van der Waals surface area contributed by atoms with Crippen LogP contribution in [0, 0.1) is 11.2 Å². The Balaban J connectivity index is 2.58. The van der Waals surface area contributed by atoms with E-state index in [0.717, 1.165) is 18.5 Å². The molecule has 17 heavy (non-hydrogen) atoms. The first-order valence-electron chi connectivity index (χ1n) is 6.10. The van der Waals surface area contributed by atoms with E-state index in [9.17, 15) is 9.50 Å². The van der Waals surface area contributed by atoms with Crippen LogP contribution in [0.4, 0.5) is 4.39 Å². The highest BCUT2D eigenvalue weighted by molar-refractivity contribution is 5.19. The zero-order chi connectivity index (χ0) is 12.9. The van der Waals surface area contributed by atoms with Crippen LogP contribution in [0.2, 0.25) is 0 Å². The number of nitrogens with one attached hydrogen (secondary N) is 1. The normalized spacial score (nSPS) is 16.5. The van der Waals surface area contributed by atoms with Gasteiger partial charge < -0.3 is 10.4 Å². The minimum atomic E-state index is -0.212. The van der Waals surface area contributed by atoms with E-state index in [2.05, 4.69) is 12.2 Å². The van der Waals surface area contributed by atoms with Crippen molar-refractivity contribution in [3.63, 3.8) is 0 Å². The summed E-state index contributed by atoms with van der Waals surface area (Å²) in [5.74, 6) is -0.212. The molecule has 2 atom stereocenters. The predicted octanol–water partition coefficient (Wildman–Crippen LogP) is 2.88. The maximum atomic E-state index is 13.1. The lowest BCUT2D eigenvalue weighted by atomic mass is 9.88. The highest BCUT2D eigenvalue weighted by Crippen LogP contribution is 2.21. The summed E-state index contributed by atoms with van der Waals surface area (Å²) in [6.45, 7) is 6.98. The van der Waals surface area contributed by atoms with Crippen LogP contribution in [-0.4, -0.2) is 18.3 Å². The fourth-order valence-electron chi connectivity index (χ4n) is 1.59. The van der Waals surface area contributed by atoms with Crippen LogP contribution >= 0.6 is 0 Å². The van der Waals surface area contributed by atoms with E-state index in [1.807, 2.05) is 19.9 Å². The Hall–Kier alpha value is -0.930. The van der Waals surface area contributed by atoms with Gasteiger partial charge in [0.25, 0.3) is 0 Å². The van der Waals surface area contributed by atoms with E-state index in [-0.39, 0.29) is 23.9 Å². The van der Waals surface area contributed by atoms with Gasteiger partial charge in [-0.1, -0.05) is 26.0 Å². The molecule has 0 aliphatic heterocycles. The zero-order valence-corrected chi connectivity index (χ0v) is 10.8. The molecule has 0 aliphatic carbocycles. The van der Waals surface area contributed by atoms with Crippen LogP contribution in [-0.2, 0) is 0 Å². The average molecular weight is 239 g/mol. The molecule has 0 amide bonds. The number of hydrogen-bond donors (Lipinski definition) is 2. The highest BCUT2D eigenvalue weighted by Gasteiger charge is 2.21. The molecule has 1 rings (SSSR count). The summed E-state index contributed by atoms with van der Waals surface area (Å²) in [4.78, 5) is 0. The molecule has 1 unspecified atom stereocenters. The molecule has 0 fully saturated rings. The van der Waals surface area contributed by atoms with E-state index in [1.165, 1.54) is 6.07 Å². The third kappa shape index (κ3) is 4.10. The van der Waals surface area contributed by atoms with Gasteiger partial charge in [0.05, 0.1) is 0 Å². The first-order valence-corrected chi connectivity index (χ1v) is 6.10. The molecule has 96 valence electrons. The van der Waals surface area contributed by atoms with Gasteiger partial charge in [-0.3, -0.25) is 0 Å². The van der Waals surface area contributed by atoms with E-state index in [0.29, 0.717) is 0 Å². The monoisotopic (exact) mass is 239 g/mol. The second kappa shape index (κ2) is 6.12. The fourth-order valence-corrected chi connectivity index (χ4v) is 1.59. The first-order chi connectivity index (χ1) is 8.00. The van der Waals surface area contributed by atoms with Gasteiger partial charge in [0.15, 0.2) is 0 Å². The summed E-state index contributed by atoms with van der Waals surface area (Å²) in [7, 11) is 0. The third-order valence-corrected chi connectivity index (χ3v) is 3.42. The van der Waals surface area contributed by atoms with Crippen molar-refractivity contribution >= 4 is 0 Å². The fraction of sp³-hybridized carbons (Fsp3) is 0.571. The second-order valence-electron chi connectivity index (χ2n) is 4.98. The van der Waals surface area contributed by atoms with Crippen molar-refractivity contribution in [2.24, 2.45) is 5.41 Å². The molecule has 0 heterocycles. The lowest BCUT2D eigenvalue weighted by Gasteiger charge is -2.28. The van der Waals surface area contributed by atoms with Gasteiger partial charge in [0.1, 0.15) is 5.82 Å². The largest absolute Gasteiger partial charge is 0.396 e. The molecule has 0 spiro atoms. The molecular weight excluding hydrogens is 217 g/mol. The van der Waals surface area contributed by atoms with Crippen LogP contribution < -0.4 is 5.32 Å². The van der Waals surface area contributed by atoms with Crippen molar-refractivity contribution in [3.8, 4) is 0 Å². The maximum Gasteiger partial charge on any atom is 0.123 e. The molecule has 0 aromatic heterocycles. The summed E-state index contributed by atoms with van der Waals surface area (Å²) in [6, 6.07) is 6.69. The van der Waals surface area contributed by atoms with Crippen LogP contribution in [0.15, 0.2) is 24.3 Å². The minimum absolute atomic E-state index is 0.0862.